The lowest BCUT2D eigenvalue weighted by atomic mass is 9.85. The second kappa shape index (κ2) is 16.9. The number of ketones is 2. The van der Waals surface area contributed by atoms with E-state index >= 15 is 0 Å². The lowest BCUT2D eigenvalue weighted by Crippen LogP contribution is -2.38. The summed E-state index contributed by atoms with van der Waals surface area (Å²) in [5.74, 6) is -2.09. The summed E-state index contributed by atoms with van der Waals surface area (Å²) in [5, 5.41) is 5.28. The molecule has 0 spiro atoms. The van der Waals surface area contributed by atoms with E-state index in [4.69, 9.17) is 24.7 Å². The summed E-state index contributed by atoms with van der Waals surface area (Å²) in [5.41, 5.74) is 6.26. The summed E-state index contributed by atoms with van der Waals surface area (Å²) >= 11 is 0. The fourth-order valence-corrected chi connectivity index (χ4v) is 5.30. The van der Waals surface area contributed by atoms with E-state index in [0.29, 0.717) is 12.0 Å². The second-order valence-corrected chi connectivity index (χ2v) is 10.8. The molecule has 1 heterocycles. The number of fused-ring (bicyclic) bond motifs is 2. The molecule has 0 radical (unpaired) electrons. The predicted molar refractivity (Wildman–Crippen MR) is 158 cm³/mol. The highest BCUT2D eigenvalue weighted by Gasteiger charge is 2.34. The third-order valence-corrected chi connectivity index (χ3v) is 7.43. The van der Waals surface area contributed by atoms with Crippen molar-refractivity contribution in [3.05, 3.63) is 58.5 Å². The maximum atomic E-state index is 13.6. The van der Waals surface area contributed by atoms with E-state index in [1.54, 1.807) is 33.3 Å². The number of primary amides is 1. The summed E-state index contributed by atoms with van der Waals surface area (Å²) in [4.78, 5) is 51.3. The van der Waals surface area contributed by atoms with Gasteiger partial charge in [0, 0.05) is 51.0 Å². The Balaban J connectivity index is 2.65. The number of hydrogen-bond donors (Lipinski definition) is 3. The number of hydrogen-bond acceptors (Lipinski definition) is 9. The topological polar surface area (TPSA) is 155 Å². The van der Waals surface area contributed by atoms with Crippen LogP contribution in [-0.4, -0.2) is 82.5 Å². The molecule has 6 atom stereocenters. The summed E-state index contributed by atoms with van der Waals surface area (Å²) in [6.07, 6.45) is 4.68. The Morgan fingerprint density at radius 3 is 2.40 bits per heavy atom. The van der Waals surface area contributed by atoms with E-state index in [1.807, 2.05) is 19.9 Å². The number of rotatable bonds is 7. The Morgan fingerprint density at radius 1 is 1.12 bits per heavy atom. The Kier molecular flexibility index (Phi) is 14.0. The molecule has 2 bridgehead atoms. The third kappa shape index (κ3) is 9.70. The largest absolute Gasteiger partial charge is 0.439 e. The molecule has 2 rings (SSSR count). The van der Waals surface area contributed by atoms with Crippen LogP contribution in [0.1, 0.15) is 40.5 Å². The van der Waals surface area contributed by atoms with Crippen molar-refractivity contribution >= 4 is 23.6 Å². The van der Waals surface area contributed by atoms with Crippen LogP contribution in [0.4, 0.5) is 9.18 Å². The van der Waals surface area contributed by atoms with Gasteiger partial charge < -0.3 is 35.3 Å². The third-order valence-electron chi connectivity index (χ3n) is 7.43. The number of carbonyl (C=O) groups excluding carboxylic acids is 4. The van der Waals surface area contributed by atoms with Crippen LogP contribution >= 0.6 is 0 Å². The van der Waals surface area contributed by atoms with E-state index in [2.05, 4.69) is 10.6 Å². The SMILES string of the molecule is CO[C@H]1[C@@H](OC)C[C@H](C)CC2=C(NCCF)C(=O)C=C(NC(=O)/C(C)=C/C=C\[C@H](OC)[C@@H](OC(N)=O)/C(C)=C/[C@@H]1C)C2=O. The van der Waals surface area contributed by atoms with Crippen LogP contribution in [0.5, 0.6) is 0 Å². The highest BCUT2D eigenvalue weighted by molar-refractivity contribution is 6.23. The van der Waals surface area contributed by atoms with E-state index < -0.39 is 54.7 Å². The predicted octanol–water partition coefficient (Wildman–Crippen LogP) is 2.98. The number of Topliss-reactive ketones (excluding diaryl/α,β-unsaturated/α-hetero) is 1. The van der Waals surface area contributed by atoms with Gasteiger partial charge in [-0.3, -0.25) is 14.4 Å². The molecule has 0 aromatic carbocycles. The normalized spacial score (nSPS) is 31.3. The zero-order valence-electron chi connectivity index (χ0n) is 25.9. The van der Waals surface area contributed by atoms with E-state index in [-0.39, 0.29) is 47.3 Å². The molecule has 43 heavy (non-hydrogen) atoms. The number of nitrogens with one attached hydrogen (secondary N) is 2. The minimum atomic E-state index is -0.981. The van der Waals surface area contributed by atoms with Crippen molar-refractivity contribution < 1.29 is 42.5 Å². The van der Waals surface area contributed by atoms with Crippen LogP contribution in [0, 0.1) is 11.8 Å². The van der Waals surface area contributed by atoms with E-state index in [1.165, 1.54) is 20.1 Å². The fourth-order valence-electron chi connectivity index (χ4n) is 5.30. The Hall–Kier alpha value is -3.61. The van der Waals surface area contributed by atoms with Crippen molar-refractivity contribution in [2.75, 3.05) is 34.5 Å². The van der Waals surface area contributed by atoms with Gasteiger partial charge in [0.15, 0.2) is 6.10 Å². The first kappa shape index (κ1) is 35.6. The number of allylic oxidation sites excluding steroid dienone is 4. The van der Waals surface area contributed by atoms with Crippen molar-refractivity contribution in [3.63, 3.8) is 0 Å². The van der Waals surface area contributed by atoms with E-state index in [9.17, 15) is 23.6 Å². The van der Waals surface area contributed by atoms with Gasteiger partial charge in [0.2, 0.25) is 11.6 Å². The molecule has 2 amide bonds. The lowest BCUT2D eigenvalue weighted by molar-refractivity contribution is -0.120. The molecule has 0 saturated heterocycles. The first-order chi connectivity index (χ1) is 20.4. The smallest absolute Gasteiger partial charge is 0.405 e. The molecule has 12 heteroatoms. The van der Waals surface area contributed by atoms with E-state index in [0.717, 1.165) is 6.08 Å². The van der Waals surface area contributed by atoms with Crippen LogP contribution in [0.3, 0.4) is 0 Å². The Morgan fingerprint density at radius 2 is 1.81 bits per heavy atom. The number of ether oxygens (including phenoxy) is 4. The maximum Gasteiger partial charge on any atom is 0.405 e. The molecule has 0 saturated carbocycles. The number of halogens is 1. The molecule has 0 unspecified atom stereocenters. The highest BCUT2D eigenvalue weighted by Crippen LogP contribution is 2.29. The van der Waals surface area contributed by atoms with Gasteiger partial charge >= 0.3 is 6.09 Å². The van der Waals surface area contributed by atoms with Gasteiger partial charge in [-0.05, 0) is 38.2 Å². The first-order valence-electron chi connectivity index (χ1n) is 14.1. The van der Waals surface area contributed by atoms with Gasteiger partial charge in [0.1, 0.15) is 12.8 Å². The highest BCUT2D eigenvalue weighted by atomic mass is 19.1. The van der Waals surface area contributed by atoms with Crippen molar-refractivity contribution in [3.8, 4) is 0 Å². The van der Waals surface area contributed by atoms with Gasteiger partial charge in [-0.1, -0.05) is 38.2 Å². The first-order valence-corrected chi connectivity index (χ1v) is 14.1. The standard InChI is InChI=1S/C31H44FN3O8/c1-17-13-21-26(34-12-11-32)23(36)16-22(27(21)37)35-30(38)18(2)9-8-10-24(40-5)29(43-31(33)39)20(4)15-19(3)28(42-7)25(14-17)41-6/h8-10,15-17,19,24-25,28-29,34H,11-14H2,1-7H3,(H2,33,39)(H,35,38)/b10-8-,18-9+,20-15+/t17-,19+,24+,25+,28-,29+/m1/s1. The van der Waals surface area contributed by atoms with Gasteiger partial charge in [0.25, 0.3) is 5.91 Å². The zero-order valence-corrected chi connectivity index (χ0v) is 25.9. The van der Waals surface area contributed by atoms with Crippen LogP contribution in [0.2, 0.25) is 0 Å². The lowest BCUT2D eigenvalue weighted by Gasteiger charge is -2.32. The molecule has 1 aliphatic carbocycles. The summed E-state index contributed by atoms with van der Waals surface area (Å²) < 4.78 is 35.7. The maximum absolute atomic E-state index is 13.6. The second-order valence-electron chi connectivity index (χ2n) is 10.8. The molecular weight excluding hydrogens is 561 g/mol. The minimum Gasteiger partial charge on any atom is -0.439 e. The molecular formula is C31H44FN3O8. The Bertz CT molecular complexity index is 1210. The monoisotopic (exact) mass is 605 g/mol. The summed E-state index contributed by atoms with van der Waals surface area (Å²) in [6, 6.07) is 0. The zero-order chi connectivity index (χ0) is 32.3. The number of nitrogens with two attached hydrogens (primary N) is 1. The quantitative estimate of drug-likeness (QED) is 0.293. The molecule has 1 aliphatic heterocycles. The van der Waals surface area contributed by atoms with Gasteiger partial charge in [-0.15, -0.1) is 0 Å². The van der Waals surface area contributed by atoms with Crippen molar-refractivity contribution in [1.82, 2.24) is 10.6 Å². The molecule has 0 fully saturated rings. The Labute approximate surface area is 252 Å². The molecule has 238 valence electrons. The van der Waals surface area contributed by atoms with Crippen LogP contribution in [0.25, 0.3) is 0 Å². The minimum absolute atomic E-state index is 0.0175. The van der Waals surface area contributed by atoms with Crippen molar-refractivity contribution in [1.29, 1.82) is 0 Å². The van der Waals surface area contributed by atoms with Gasteiger partial charge in [0.05, 0.1) is 23.6 Å². The average Bonchev–Trinajstić information content (AvgIpc) is 2.95. The average molecular weight is 606 g/mol. The molecule has 0 aromatic rings. The number of methoxy groups -OCH3 is 3. The van der Waals surface area contributed by atoms with Crippen LogP contribution < -0.4 is 16.4 Å². The number of alkyl halides is 1. The van der Waals surface area contributed by atoms with Crippen molar-refractivity contribution in [2.45, 2.75) is 65.0 Å². The van der Waals surface area contributed by atoms with Crippen LogP contribution in [-0.2, 0) is 33.3 Å². The van der Waals surface area contributed by atoms with Gasteiger partial charge in [-0.2, -0.15) is 0 Å². The number of carbonyl (C=O) groups is 4. The molecule has 0 aromatic heterocycles. The summed E-state index contributed by atoms with van der Waals surface area (Å²) in [7, 11) is 4.57. The fraction of sp³-hybridized carbons (Fsp3) is 0.548. The van der Waals surface area contributed by atoms with Crippen molar-refractivity contribution in [2.24, 2.45) is 17.6 Å². The van der Waals surface area contributed by atoms with Gasteiger partial charge in [-0.25, -0.2) is 9.18 Å². The number of amides is 2. The summed E-state index contributed by atoms with van der Waals surface area (Å²) in [6.45, 7) is 6.27. The molecule has 2 aliphatic rings. The van der Waals surface area contributed by atoms with Crippen LogP contribution in [0.15, 0.2) is 58.5 Å². The molecule has 4 N–H and O–H groups in total. The molecule has 11 nitrogen and oxygen atoms in total.